The van der Waals surface area contributed by atoms with Gasteiger partial charge in [-0.25, -0.2) is 0 Å². The van der Waals surface area contributed by atoms with Gasteiger partial charge in [0.2, 0.25) is 0 Å². The number of methoxy groups -OCH3 is 1. The van der Waals surface area contributed by atoms with E-state index in [1.54, 1.807) is 55.6 Å². The van der Waals surface area contributed by atoms with Gasteiger partial charge < -0.3 is 14.6 Å². The molecular formula is C28H24NO4P. The molecule has 0 bridgehead atoms. The molecule has 4 aromatic rings. The van der Waals surface area contributed by atoms with Gasteiger partial charge in [0, 0.05) is 17.3 Å². The van der Waals surface area contributed by atoms with Gasteiger partial charge in [0.05, 0.1) is 17.7 Å². The predicted octanol–water partition coefficient (Wildman–Crippen LogP) is 5.37. The third kappa shape index (κ3) is 5.28. The van der Waals surface area contributed by atoms with E-state index in [-0.39, 0.29) is 5.91 Å². The maximum atomic E-state index is 14.4. The van der Waals surface area contributed by atoms with Crippen LogP contribution in [-0.2, 0) is 9.09 Å². The van der Waals surface area contributed by atoms with Crippen molar-refractivity contribution >= 4 is 29.6 Å². The Labute approximate surface area is 199 Å². The Kier molecular flexibility index (Phi) is 7.26. The Morgan fingerprint density at radius 3 is 1.71 bits per heavy atom. The largest absolute Gasteiger partial charge is 0.497 e. The van der Waals surface area contributed by atoms with E-state index < -0.39 is 7.37 Å². The van der Waals surface area contributed by atoms with Crippen LogP contribution in [0.4, 0.5) is 0 Å². The van der Waals surface area contributed by atoms with Crippen LogP contribution >= 0.6 is 7.37 Å². The number of nitrogens with one attached hydrogen (secondary N) is 1. The molecule has 0 aromatic heterocycles. The van der Waals surface area contributed by atoms with Crippen LogP contribution in [0.2, 0.25) is 0 Å². The summed E-state index contributed by atoms with van der Waals surface area (Å²) < 4.78 is 25.8. The van der Waals surface area contributed by atoms with Crippen LogP contribution in [0.5, 0.6) is 5.75 Å². The number of carbonyl (C=O) groups is 1. The molecule has 0 radical (unpaired) electrons. The van der Waals surface area contributed by atoms with Crippen LogP contribution in [0, 0.1) is 0 Å². The number of amides is 1. The molecule has 0 saturated carbocycles. The minimum atomic E-state index is -3.52. The maximum absolute atomic E-state index is 14.4. The molecule has 0 fully saturated rings. The molecule has 0 heterocycles. The van der Waals surface area contributed by atoms with E-state index >= 15 is 0 Å². The molecule has 0 aliphatic rings. The Hall–Kier alpha value is -4.08. The number of benzene rings is 4. The highest BCUT2D eigenvalue weighted by Gasteiger charge is 2.31. The number of ether oxygens (including phenoxy) is 1. The van der Waals surface area contributed by atoms with Gasteiger partial charge in [0.1, 0.15) is 5.75 Å². The van der Waals surface area contributed by atoms with Crippen LogP contribution in [0.1, 0.15) is 15.9 Å². The maximum Gasteiger partial charge on any atom is 0.306 e. The number of hydrogen-bond donors (Lipinski definition) is 1. The van der Waals surface area contributed by atoms with E-state index in [0.717, 1.165) is 0 Å². The summed E-state index contributed by atoms with van der Waals surface area (Å²) in [6.45, 7) is 0. The Bertz CT molecular complexity index is 1260. The average Bonchev–Trinajstić information content (AvgIpc) is 2.92. The molecule has 34 heavy (non-hydrogen) atoms. The standard InChI is InChI=1S/C28H24NO4P/c1-32-24-19-17-23(18-20-24)28(30)29-21-27(22-11-5-2-6-12-22)33-34(31,25-13-7-3-8-14-25)26-15-9-4-10-16-26/h2-21H,1H3,(H,29,30). The minimum Gasteiger partial charge on any atom is -0.497 e. The van der Waals surface area contributed by atoms with Crippen molar-refractivity contribution < 1.29 is 18.6 Å². The highest BCUT2D eigenvalue weighted by atomic mass is 31.2. The SMILES string of the molecule is COc1ccc(C(=O)NC=C(OP(=O)(c2ccccc2)c2ccccc2)c2ccccc2)cc1. The highest BCUT2D eigenvalue weighted by molar-refractivity contribution is 7.74. The first-order valence-electron chi connectivity index (χ1n) is 10.7. The zero-order valence-electron chi connectivity index (χ0n) is 18.6. The van der Waals surface area contributed by atoms with Gasteiger partial charge in [-0.2, -0.15) is 0 Å². The van der Waals surface area contributed by atoms with Gasteiger partial charge in [-0.05, 0) is 48.5 Å². The zero-order chi connectivity index (χ0) is 23.8. The second-order valence-corrected chi connectivity index (χ2v) is 9.71. The van der Waals surface area contributed by atoms with Crippen molar-refractivity contribution in [1.29, 1.82) is 0 Å². The monoisotopic (exact) mass is 469 g/mol. The van der Waals surface area contributed by atoms with Crippen molar-refractivity contribution in [3.8, 4) is 5.75 Å². The smallest absolute Gasteiger partial charge is 0.306 e. The lowest BCUT2D eigenvalue weighted by Crippen LogP contribution is -2.20. The summed E-state index contributed by atoms with van der Waals surface area (Å²) in [7, 11) is -1.96. The molecule has 0 atom stereocenters. The lowest BCUT2D eigenvalue weighted by atomic mass is 10.2. The molecule has 0 unspecified atom stereocenters. The molecule has 0 saturated heterocycles. The number of hydrogen-bond acceptors (Lipinski definition) is 4. The van der Waals surface area contributed by atoms with Gasteiger partial charge >= 0.3 is 7.37 Å². The molecule has 1 amide bonds. The molecular weight excluding hydrogens is 445 g/mol. The van der Waals surface area contributed by atoms with Crippen molar-refractivity contribution in [2.24, 2.45) is 0 Å². The van der Waals surface area contributed by atoms with Crippen molar-refractivity contribution in [2.45, 2.75) is 0 Å². The minimum absolute atomic E-state index is 0.290. The fourth-order valence-corrected chi connectivity index (χ4v) is 5.44. The second kappa shape index (κ2) is 10.7. The van der Waals surface area contributed by atoms with E-state index in [9.17, 15) is 9.36 Å². The van der Waals surface area contributed by atoms with Gasteiger partial charge in [-0.15, -0.1) is 0 Å². The lowest BCUT2D eigenvalue weighted by molar-refractivity contribution is 0.0969. The lowest BCUT2D eigenvalue weighted by Gasteiger charge is -2.22. The zero-order valence-corrected chi connectivity index (χ0v) is 19.5. The molecule has 170 valence electrons. The van der Waals surface area contributed by atoms with Crippen LogP contribution in [-0.4, -0.2) is 13.0 Å². The van der Waals surface area contributed by atoms with Crippen molar-refractivity contribution in [3.05, 3.63) is 133 Å². The molecule has 0 spiro atoms. The topological polar surface area (TPSA) is 64.6 Å². The third-order valence-electron chi connectivity index (χ3n) is 5.16. The molecule has 4 aromatic carbocycles. The summed E-state index contributed by atoms with van der Waals surface area (Å²) in [6.07, 6.45) is 1.46. The Morgan fingerprint density at radius 1 is 0.706 bits per heavy atom. The third-order valence-corrected chi connectivity index (χ3v) is 7.57. The van der Waals surface area contributed by atoms with Gasteiger partial charge in [0.15, 0.2) is 5.76 Å². The van der Waals surface area contributed by atoms with Gasteiger partial charge in [0.25, 0.3) is 5.91 Å². The second-order valence-electron chi connectivity index (χ2n) is 7.39. The Morgan fingerprint density at radius 2 is 1.21 bits per heavy atom. The van der Waals surface area contributed by atoms with Crippen molar-refractivity contribution in [3.63, 3.8) is 0 Å². The first kappa shape index (κ1) is 23.1. The predicted molar refractivity (Wildman–Crippen MR) is 136 cm³/mol. The number of carbonyl (C=O) groups excluding carboxylic acids is 1. The summed E-state index contributed by atoms with van der Waals surface area (Å²) in [6, 6.07) is 34.2. The van der Waals surface area contributed by atoms with Gasteiger partial charge in [-0.1, -0.05) is 66.7 Å². The van der Waals surface area contributed by atoms with Crippen LogP contribution in [0.3, 0.4) is 0 Å². The highest BCUT2D eigenvalue weighted by Crippen LogP contribution is 2.48. The first-order chi connectivity index (χ1) is 16.6. The molecule has 4 rings (SSSR count). The first-order valence-corrected chi connectivity index (χ1v) is 12.3. The quantitative estimate of drug-likeness (QED) is 0.278. The van der Waals surface area contributed by atoms with Crippen LogP contribution in [0.15, 0.2) is 121 Å². The molecule has 0 aliphatic carbocycles. The van der Waals surface area contributed by atoms with Crippen molar-refractivity contribution in [1.82, 2.24) is 5.32 Å². The Balaban J connectivity index is 1.71. The average molecular weight is 469 g/mol. The summed E-state index contributed by atoms with van der Waals surface area (Å²) in [5.41, 5.74) is 1.14. The van der Waals surface area contributed by atoms with E-state index in [0.29, 0.717) is 33.2 Å². The fraction of sp³-hybridized carbons (Fsp3) is 0.0357. The number of rotatable bonds is 8. The molecule has 0 aliphatic heterocycles. The fourth-order valence-electron chi connectivity index (χ4n) is 3.36. The van der Waals surface area contributed by atoms with Gasteiger partial charge in [-0.3, -0.25) is 9.36 Å². The molecule has 1 N–H and O–H groups in total. The summed E-state index contributed by atoms with van der Waals surface area (Å²) in [5, 5.41) is 3.89. The normalized spacial score (nSPS) is 11.5. The van der Waals surface area contributed by atoms with E-state index in [2.05, 4.69) is 5.32 Å². The van der Waals surface area contributed by atoms with E-state index in [1.807, 2.05) is 66.7 Å². The molecule has 6 heteroatoms. The van der Waals surface area contributed by atoms with E-state index in [1.165, 1.54) is 6.20 Å². The van der Waals surface area contributed by atoms with Crippen LogP contribution < -0.4 is 20.7 Å². The summed E-state index contributed by atoms with van der Waals surface area (Å²) >= 11 is 0. The summed E-state index contributed by atoms with van der Waals surface area (Å²) in [4.78, 5) is 12.8. The van der Waals surface area contributed by atoms with Crippen LogP contribution in [0.25, 0.3) is 5.76 Å². The van der Waals surface area contributed by atoms with Crippen molar-refractivity contribution in [2.75, 3.05) is 7.11 Å². The van der Waals surface area contributed by atoms with E-state index in [4.69, 9.17) is 9.26 Å². The molecule has 5 nitrogen and oxygen atoms in total. The summed E-state index contributed by atoms with van der Waals surface area (Å²) in [5.74, 6) is 0.625.